The maximum absolute atomic E-state index is 10.6. The molecule has 0 bridgehead atoms. The number of nitro benzene ring substituents is 1. The minimum absolute atomic E-state index is 0.129. The smallest absolute Gasteiger partial charge is 0.269 e. The van der Waals surface area contributed by atoms with Crippen LogP contribution >= 0.6 is 0 Å². The average molecular weight is 314 g/mol. The van der Waals surface area contributed by atoms with E-state index in [4.69, 9.17) is 0 Å². The van der Waals surface area contributed by atoms with Crippen LogP contribution in [-0.4, -0.2) is 22.6 Å². The minimum atomic E-state index is -0.382. The van der Waals surface area contributed by atoms with E-state index in [1.807, 2.05) is 12.1 Å². The van der Waals surface area contributed by atoms with Gasteiger partial charge >= 0.3 is 0 Å². The summed E-state index contributed by atoms with van der Waals surface area (Å²) in [6.45, 7) is 2.99. The van der Waals surface area contributed by atoms with Crippen molar-refractivity contribution in [3.63, 3.8) is 0 Å². The summed E-state index contributed by atoms with van der Waals surface area (Å²) in [5.74, 6) is 0.294. The number of rotatable bonds is 8. The van der Waals surface area contributed by atoms with Gasteiger partial charge in [0.2, 0.25) is 0 Å². The van der Waals surface area contributed by atoms with Crippen molar-refractivity contribution in [3.8, 4) is 5.75 Å². The van der Waals surface area contributed by atoms with Crippen LogP contribution in [0.15, 0.2) is 48.5 Å². The fourth-order valence-corrected chi connectivity index (χ4v) is 2.40. The second-order valence-corrected chi connectivity index (χ2v) is 5.73. The fourth-order valence-electron chi connectivity index (χ4n) is 2.40. The zero-order chi connectivity index (χ0) is 16.7. The topological polar surface area (TPSA) is 75.4 Å². The molecular weight excluding hydrogens is 292 g/mol. The summed E-state index contributed by atoms with van der Waals surface area (Å²) in [5, 5.41) is 23.3. The van der Waals surface area contributed by atoms with E-state index in [0.29, 0.717) is 11.8 Å². The molecule has 5 heteroatoms. The second kappa shape index (κ2) is 8.29. The quantitative estimate of drug-likeness (QED) is 0.578. The number of nitrogens with one attached hydrogen (secondary N) is 1. The van der Waals surface area contributed by atoms with Crippen molar-refractivity contribution in [1.29, 1.82) is 0 Å². The number of non-ortho nitro benzene ring substituents is 1. The maximum Gasteiger partial charge on any atom is 0.269 e. The van der Waals surface area contributed by atoms with E-state index < -0.39 is 0 Å². The van der Waals surface area contributed by atoms with E-state index >= 15 is 0 Å². The maximum atomic E-state index is 10.6. The van der Waals surface area contributed by atoms with Crippen molar-refractivity contribution in [3.05, 3.63) is 69.8 Å². The standard InChI is InChI=1S/C18H22N2O3/c1-14(2-3-15-6-10-18(21)11-7-15)19-13-12-16-4-8-17(9-5-16)20(22)23/h4-11,14,19,21H,2-3,12-13H2,1H3. The number of hydrogen-bond donors (Lipinski definition) is 2. The van der Waals surface area contributed by atoms with Crippen LogP contribution in [0, 0.1) is 10.1 Å². The Balaban J connectivity index is 1.69. The first kappa shape index (κ1) is 17.0. The minimum Gasteiger partial charge on any atom is -0.508 e. The molecular formula is C18H22N2O3. The predicted molar refractivity (Wildman–Crippen MR) is 90.7 cm³/mol. The molecule has 0 fully saturated rings. The molecule has 0 saturated heterocycles. The highest BCUT2D eigenvalue weighted by atomic mass is 16.6. The Hall–Kier alpha value is -2.40. The molecule has 0 aromatic heterocycles. The molecule has 2 N–H and O–H groups in total. The molecule has 1 unspecified atom stereocenters. The molecule has 23 heavy (non-hydrogen) atoms. The van der Waals surface area contributed by atoms with Gasteiger partial charge in [-0.2, -0.15) is 0 Å². The molecule has 0 radical (unpaired) electrons. The number of phenols is 1. The fraction of sp³-hybridized carbons (Fsp3) is 0.333. The Morgan fingerprint density at radius 3 is 2.22 bits per heavy atom. The zero-order valence-electron chi connectivity index (χ0n) is 13.2. The van der Waals surface area contributed by atoms with E-state index in [2.05, 4.69) is 12.2 Å². The van der Waals surface area contributed by atoms with Gasteiger partial charge in [-0.15, -0.1) is 0 Å². The Labute approximate surface area is 136 Å². The second-order valence-electron chi connectivity index (χ2n) is 5.73. The lowest BCUT2D eigenvalue weighted by Crippen LogP contribution is -2.28. The van der Waals surface area contributed by atoms with Gasteiger partial charge < -0.3 is 10.4 Å². The van der Waals surface area contributed by atoms with Gasteiger partial charge in [-0.25, -0.2) is 0 Å². The Kier molecular flexibility index (Phi) is 6.11. The van der Waals surface area contributed by atoms with Gasteiger partial charge in [0.1, 0.15) is 5.75 Å². The first-order chi connectivity index (χ1) is 11.0. The Morgan fingerprint density at radius 2 is 1.61 bits per heavy atom. The third kappa shape index (κ3) is 5.71. The van der Waals surface area contributed by atoms with Gasteiger partial charge in [0.25, 0.3) is 5.69 Å². The van der Waals surface area contributed by atoms with E-state index in [-0.39, 0.29) is 10.6 Å². The highest BCUT2D eigenvalue weighted by Crippen LogP contribution is 2.13. The molecule has 0 amide bonds. The number of aryl methyl sites for hydroxylation is 1. The molecule has 122 valence electrons. The summed E-state index contributed by atoms with van der Waals surface area (Å²) in [6.07, 6.45) is 2.83. The third-order valence-corrected chi connectivity index (χ3v) is 3.86. The van der Waals surface area contributed by atoms with Crippen LogP contribution < -0.4 is 5.32 Å². The van der Waals surface area contributed by atoms with Crippen LogP contribution in [0.1, 0.15) is 24.5 Å². The summed E-state index contributed by atoms with van der Waals surface area (Å²) in [7, 11) is 0. The monoisotopic (exact) mass is 314 g/mol. The van der Waals surface area contributed by atoms with Crippen molar-refractivity contribution in [2.24, 2.45) is 0 Å². The Morgan fingerprint density at radius 1 is 1.04 bits per heavy atom. The number of nitrogens with zero attached hydrogens (tertiary/aromatic N) is 1. The molecule has 0 heterocycles. The molecule has 2 aromatic rings. The molecule has 1 atom stereocenters. The van der Waals surface area contributed by atoms with Gasteiger partial charge in [-0.3, -0.25) is 10.1 Å². The van der Waals surface area contributed by atoms with Crippen molar-refractivity contribution in [1.82, 2.24) is 5.32 Å². The first-order valence-corrected chi connectivity index (χ1v) is 7.79. The summed E-state index contributed by atoms with van der Waals surface area (Å²) in [6, 6.07) is 14.4. The van der Waals surface area contributed by atoms with E-state index in [9.17, 15) is 15.2 Å². The number of aromatic hydroxyl groups is 1. The van der Waals surface area contributed by atoms with E-state index in [1.54, 1.807) is 36.4 Å². The molecule has 0 spiro atoms. The summed E-state index contributed by atoms with van der Waals surface area (Å²) < 4.78 is 0. The first-order valence-electron chi connectivity index (χ1n) is 7.79. The predicted octanol–water partition coefficient (Wildman–Crippen LogP) is 3.45. The molecule has 2 aromatic carbocycles. The van der Waals surface area contributed by atoms with Gasteiger partial charge in [0.15, 0.2) is 0 Å². The molecule has 2 rings (SSSR count). The lowest BCUT2D eigenvalue weighted by Gasteiger charge is -2.13. The van der Waals surface area contributed by atoms with Gasteiger partial charge in [0.05, 0.1) is 4.92 Å². The summed E-state index contributed by atoms with van der Waals surface area (Å²) in [4.78, 5) is 10.2. The highest BCUT2D eigenvalue weighted by Gasteiger charge is 2.05. The summed E-state index contributed by atoms with van der Waals surface area (Å²) in [5.41, 5.74) is 2.43. The van der Waals surface area contributed by atoms with Crippen LogP contribution in [0.25, 0.3) is 0 Å². The lowest BCUT2D eigenvalue weighted by molar-refractivity contribution is -0.384. The number of phenolic OH excluding ortho intramolecular Hbond substituents is 1. The average Bonchev–Trinajstić information content (AvgIpc) is 2.55. The normalized spacial score (nSPS) is 12.0. The molecule has 5 nitrogen and oxygen atoms in total. The van der Waals surface area contributed by atoms with Crippen LogP contribution in [0.2, 0.25) is 0 Å². The van der Waals surface area contributed by atoms with E-state index in [1.165, 1.54) is 5.56 Å². The van der Waals surface area contributed by atoms with Crippen molar-refractivity contribution < 1.29 is 10.0 Å². The van der Waals surface area contributed by atoms with Crippen LogP contribution in [0.3, 0.4) is 0 Å². The number of benzene rings is 2. The lowest BCUT2D eigenvalue weighted by atomic mass is 10.1. The SMILES string of the molecule is CC(CCc1ccc(O)cc1)NCCc1ccc([N+](=O)[O-])cc1. The van der Waals surface area contributed by atoms with Crippen LogP contribution in [-0.2, 0) is 12.8 Å². The van der Waals surface area contributed by atoms with Crippen LogP contribution in [0.4, 0.5) is 5.69 Å². The van der Waals surface area contributed by atoms with Gasteiger partial charge in [-0.05, 0) is 56.0 Å². The molecule has 0 aliphatic carbocycles. The third-order valence-electron chi connectivity index (χ3n) is 3.86. The molecule has 0 aliphatic heterocycles. The zero-order valence-corrected chi connectivity index (χ0v) is 13.2. The van der Waals surface area contributed by atoms with Crippen molar-refractivity contribution in [2.75, 3.05) is 6.54 Å². The van der Waals surface area contributed by atoms with Crippen molar-refractivity contribution >= 4 is 5.69 Å². The van der Waals surface area contributed by atoms with E-state index in [0.717, 1.165) is 31.4 Å². The van der Waals surface area contributed by atoms with Crippen molar-refractivity contribution in [2.45, 2.75) is 32.2 Å². The van der Waals surface area contributed by atoms with Gasteiger partial charge in [-0.1, -0.05) is 24.3 Å². The largest absolute Gasteiger partial charge is 0.508 e. The molecule has 0 saturated carbocycles. The van der Waals surface area contributed by atoms with Gasteiger partial charge in [0, 0.05) is 18.2 Å². The number of nitro groups is 1. The van der Waals surface area contributed by atoms with Crippen LogP contribution in [0.5, 0.6) is 5.75 Å². The number of hydrogen-bond acceptors (Lipinski definition) is 4. The molecule has 0 aliphatic rings. The Bertz CT molecular complexity index is 624. The summed E-state index contributed by atoms with van der Waals surface area (Å²) >= 11 is 0. The highest BCUT2D eigenvalue weighted by molar-refractivity contribution is 5.33.